The lowest BCUT2D eigenvalue weighted by atomic mass is 10.0. The summed E-state index contributed by atoms with van der Waals surface area (Å²) in [6, 6.07) is 0. The van der Waals surface area contributed by atoms with Gasteiger partial charge in [-0.15, -0.1) is 0 Å². The Morgan fingerprint density at radius 1 is 0.607 bits per heavy atom. The lowest BCUT2D eigenvalue weighted by Gasteiger charge is -2.18. The van der Waals surface area contributed by atoms with Gasteiger partial charge in [-0.05, 0) is 38.5 Å². The zero-order valence-electron chi connectivity index (χ0n) is 18.5. The van der Waals surface area contributed by atoms with Gasteiger partial charge in [0.2, 0.25) is 0 Å². The topological polar surface area (TPSA) is 26.3 Å². The molecule has 0 unspecified atom stereocenters. The third kappa shape index (κ3) is 16.9. The highest BCUT2D eigenvalue weighted by Crippen LogP contribution is 2.19. The number of carbonyl (C=O) groups excluding carboxylic acids is 1. The monoisotopic (exact) mass is 458 g/mol. The minimum Gasteiger partial charge on any atom is -0.462 e. The number of rotatable bonds is 10. The molecule has 1 rings (SSSR count). The van der Waals surface area contributed by atoms with Crippen molar-refractivity contribution in [2.24, 2.45) is 0 Å². The minimum atomic E-state index is 0.0576. The van der Waals surface area contributed by atoms with Gasteiger partial charge in [0.1, 0.15) is 6.10 Å². The summed E-state index contributed by atoms with van der Waals surface area (Å²) in [5, 5.41) is 1.13. The second-order valence-corrected chi connectivity index (χ2v) is 9.64. The number of carbonyl (C=O) groups is 1. The Labute approximate surface area is 184 Å². The molecule has 0 aliphatic heterocycles. The van der Waals surface area contributed by atoms with Crippen LogP contribution in [0.15, 0.2) is 0 Å². The number of unbranched alkanes of at least 4 members (excludes halogenated alkanes) is 6. The molecule has 2 nitrogen and oxygen atoms in total. The quantitative estimate of drug-likeness (QED) is 0.185. The van der Waals surface area contributed by atoms with Crippen LogP contribution < -0.4 is 0 Å². The van der Waals surface area contributed by atoms with E-state index in [1.807, 2.05) is 0 Å². The van der Waals surface area contributed by atoms with Gasteiger partial charge in [0, 0.05) is 11.8 Å². The molecule has 1 aliphatic carbocycles. The maximum absolute atomic E-state index is 12.3. The average molecular weight is 460 g/mol. The van der Waals surface area contributed by atoms with Gasteiger partial charge in [-0.1, -0.05) is 112 Å². The van der Waals surface area contributed by atoms with Crippen LogP contribution in [-0.2, 0) is 9.53 Å². The Kier molecular flexibility index (Phi) is 18.8. The fraction of sp³-hybridized carbons (Fsp3) is 0.960. The predicted molar refractivity (Wildman–Crippen MR) is 125 cm³/mol. The minimum absolute atomic E-state index is 0.0576. The van der Waals surface area contributed by atoms with Crippen LogP contribution in [0.4, 0.5) is 0 Å². The van der Waals surface area contributed by atoms with Crippen LogP contribution in [-0.4, -0.2) is 17.4 Å². The van der Waals surface area contributed by atoms with Crippen LogP contribution in [0.2, 0.25) is 0 Å². The van der Waals surface area contributed by atoms with Crippen LogP contribution in [0.25, 0.3) is 0 Å². The molecule has 166 valence electrons. The standard InChI is InChI=1S/C25H47BrO2/c26-23-19-15-11-7-10-14-18-22-25(27)28-24-20-16-12-8-5-3-1-2-4-6-9-13-17-21-24/h24H,1-23H2. The first kappa shape index (κ1) is 26.0. The van der Waals surface area contributed by atoms with Crippen LogP contribution in [0.1, 0.15) is 141 Å². The Balaban J connectivity index is 2.16. The van der Waals surface area contributed by atoms with Gasteiger partial charge in [-0.2, -0.15) is 0 Å². The average Bonchev–Trinajstić information content (AvgIpc) is 2.70. The third-order valence-electron chi connectivity index (χ3n) is 6.11. The van der Waals surface area contributed by atoms with E-state index < -0.39 is 0 Å². The Morgan fingerprint density at radius 2 is 1.00 bits per heavy atom. The number of esters is 1. The summed E-state index contributed by atoms with van der Waals surface area (Å²) in [7, 11) is 0. The van der Waals surface area contributed by atoms with Gasteiger partial charge in [-0.3, -0.25) is 4.79 Å². The Morgan fingerprint density at radius 3 is 1.46 bits per heavy atom. The van der Waals surface area contributed by atoms with Crippen LogP contribution in [0.3, 0.4) is 0 Å². The number of hydrogen-bond donors (Lipinski definition) is 0. The Bertz CT molecular complexity index is 329. The summed E-state index contributed by atoms with van der Waals surface area (Å²) < 4.78 is 5.89. The molecule has 0 amide bonds. The molecule has 0 N–H and O–H groups in total. The van der Waals surface area contributed by atoms with Crippen molar-refractivity contribution in [1.29, 1.82) is 0 Å². The molecule has 0 radical (unpaired) electrons. The van der Waals surface area contributed by atoms with Gasteiger partial charge < -0.3 is 4.74 Å². The van der Waals surface area contributed by atoms with Crippen molar-refractivity contribution in [3.63, 3.8) is 0 Å². The van der Waals surface area contributed by atoms with Crippen molar-refractivity contribution in [1.82, 2.24) is 0 Å². The summed E-state index contributed by atoms with van der Waals surface area (Å²) in [6.45, 7) is 0. The smallest absolute Gasteiger partial charge is 0.306 e. The first-order valence-corrected chi connectivity index (χ1v) is 13.7. The fourth-order valence-electron chi connectivity index (χ4n) is 4.27. The summed E-state index contributed by atoms with van der Waals surface area (Å²) in [5.41, 5.74) is 0. The number of ether oxygens (including phenoxy) is 1. The van der Waals surface area contributed by atoms with Crippen molar-refractivity contribution in [3.8, 4) is 0 Å². The molecule has 0 heterocycles. The lowest BCUT2D eigenvalue weighted by molar-refractivity contribution is -0.150. The van der Waals surface area contributed by atoms with E-state index >= 15 is 0 Å². The van der Waals surface area contributed by atoms with Crippen molar-refractivity contribution in [3.05, 3.63) is 0 Å². The van der Waals surface area contributed by atoms with Gasteiger partial charge in [0.25, 0.3) is 0 Å². The van der Waals surface area contributed by atoms with Crippen molar-refractivity contribution in [2.45, 2.75) is 147 Å². The third-order valence-corrected chi connectivity index (χ3v) is 6.68. The normalized spacial score (nSPS) is 18.9. The van der Waals surface area contributed by atoms with Crippen molar-refractivity contribution in [2.75, 3.05) is 5.33 Å². The lowest BCUT2D eigenvalue weighted by Crippen LogP contribution is -2.18. The highest BCUT2D eigenvalue weighted by molar-refractivity contribution is 9.09. The van der Waals surface area contributed by atoms with E-state index in [0.717, 1.165) is 24.6 Å². The first-order valence-electron chi connectivity index (χ1n) is 12.6. The van der Waals surface area contributed by atoms with E-state index in [2.05, 4.69) is 15.9 Å². The summed E-state index contributed by atoms with van der Waals surface area (Å²) in [6.07, 6.45) is 27.9. The van der Waals surface area contributed by atoms with Crippen molar-refractivity contribution >= 4 is 21.9 Å². The van der Waals surface area contributed by atoms with Crippen LogP contribution in [0, 0.1) is 0 Å². The molecule has 0 aromatic rings. The fourth-order valence-corrected chi connectivity index (χ4v) is 4.66. The van der Waals surface area contributed by atoms with E-state index in [4.69, 9.17) is 4.74 Å². The van der Waals surface area contributed by atoms with Crippen LogP contribution in [0.5, 0.6) is 0 Å². The summed E-state index contributed by atoms with van der Waals surface area (Å²) in [4.78, 5) is 12.3. The molecular formula is C25H47BrO2. The molecule has 0 spiro atoms. The van der Waals surface area contributed by atoms with Crippen molar-refractivity contribution < 1.29 is 9.53 Å². The summed E-state index contributed by atoms with van der Waals surface area (Å²) >= 11 is 3.48. The summed E-state index contributed by atoms with van der Waals surface area (Å²) in [5.74, 6) is 0.0576. The molecule has 3 heteroatoms. The van der Waals surface area contributed by atoms with Crippen LogP contribution >= 0.6 is 15.9 Å². The van der Waals surface area contributed by atoms with Gasteiger partial charge in [-0.25, -0.2) is 0 Å². The van der Waals surface area contributed by atoms with Gasteiger partial charge in [0.05, 0.1) is 0 Å². The molecule has 0 bridgehead atoms. The second-order valence-electron chi connectivity index (χ2n) is 8.85. The van der Waals surface area contributed by atoms with Gasteiger partial charge >= 0.3 is 5.97 Å². The molecule has 0 saturated heterocycles. The van der Waals surface area contributed by atoms with E-state index in [1.165, 1.54) is 116 Å². The van der Waals surface area contributed by atoms with E-state index in [9.17, 15) is 4.79 Å². The molecular weight excluding hydrogens is 412 g/mol. The van der Waals surface area contributed by atoms with E-state index in [-0.39, 0.29) is 12.1 Å². The molecule has 1 aliphatic rings. The second kappa shape index (κ2) is 20.2. The molecule has 28 heavy (non-hydrogen) atoms. The molecule has 0 aromatic heterocycles. The predicted octanol–water partition coefficient (Wildman–Crippen LogP) is 8.89. The number of alkyl halides is 1. The molecule has 0 aromatic carbocycles. The van der Waals surface area contributed by atoms with Gasteiger partial charge in [0.15, 0.2) is 0 Å². The molecule has 0 atom stereocenters. The zero-order valence-corrected chi connectivity index (χ0v) is 20.1. The first-order chi connectivity index (χ1) is 13.8. The highest BCUT2D eigenvalue weighted by Gasteiger charge is 2.14. The largest absolute Gasteiger partial charge is 0.462 e. The van der Waals surface area contributed by atoms with E-state index in [0.29, 0.717) is 6.42 Å². The molecule has 1 saturated carbocycles. The highest BCUT2D eigenvalue weighted by atomic mass is 79.9. The number of halogens is 1. The SMILES string of the molecule is O=C(CCCCCCCCCBr)OC1CCCCCCCCCCCCCC1. The maximum Gasteiger partial charge on any atom is 0.306 e. The van der Waals surface area contributed by atoms with E-state index in [1.54, 1.807) is 0 Å². The maximum atomic E-state index is 12.3. The number of hydrogen-bond acceptors (Lipinski definition) is 2. The molecule has 1 fully saturated rings. The Hall–Kier alpha value is -0.0500. The zero-order chi connectivity index (χ0) is 20.1.